The number of amidine groups is 2. The molecule has 0 radical (unpaired) electrons. The molecule has 2 aliphatic rings. The van der Waals surface area contributed by atoms with E-state index in [1.807, 2.05) is 19.9 Å². The van der Waals surface area contributed by atoms with Crippen molar-refractivity contribution in [1.82, 2.24) is 9.58 Å². The number of thioether (sulfide) groups is 1. The minimum Gasteiger partial charge on any atom is -0.462 e. The van der Waals surface area contributed by atoms with E-state index >= 15 is 0 Å². The molecule has 32 heavy (non-hydrogen) atoms. The van der Waals surface area contributed by atoms with Crippen molar-refractivity contribution in [1.29, 1.82) is 5.41 Å². The molecule has 1 amide bonds. The van der Waals surface area contributed by atoms with E-state index in [-0.39, 0.29) is 11.4 Å². The van der Waals surface area contributed by atoms with Crippen LogP contribution < -0.4 is 0 Å². The van der Waals surface area contributed by atoms with Crippen LogP contribution in [0.1, 0.15) is 33.8 Å². The number of hydrogen-bond acceptors (Lipinski definition) is 5. The molecule has 0 spiro atoms. The standard InChI is InChI=1S/C24H21N5O2S/c1-13-7-8-19(14(2)10-13)28-15(3)11-17(16(28)4)12-18-21(25)29-24(26-22(18)30)32-23(27-29)20-6-5-9-31-20/h5-12,25H,1-4H3/b18-12+,25-21?. The molecular formula is C24H21N5O2S. The molecule has 2 aromatic heterocycles. The summed E-state index contributed by atoms with van der Waals surface area (Å²) in [5, 5.41) is 15.4. The van der Waals surface area contributed by atoms with Crippen LogP contribution in [0.2, 0.25) is 0 Å². The van der Waals surface area contributed by atoms with Crippen molar-refractivity contribution in [3.05, 3.63) is 82.1 Å². The average Bonchev–Trinajstić information content (AvgIpc) is 3.46. The van der Waals surface area contributed by atoms with Gasteiger partial charge in [-0.15, -0.1) is 0 Å². The molecule has 0 fully saturated rings. The minimum absolute atomic E-state index is 0.00498. The molecule has 1 aromatic carbocycles. The van der Waals surface area contributed by atoms with Crippen LogP contribution in [-0.2, 0) is 4.79 Å². The molecule has 1 N–H and O–H groups in total. The highest BCUT2D eigenvalue weighted by atomic mass is 32.2. The fraction of sp³-hybridized carbons (Fsp3) is 0.167. The van der Waals surface area contributed by atoms with Gasteiger partial charge in [-0.05, 0) is 80.9 Å². The van der Waals surface area contributed by atoms with Crippen molar-refractivity contribution in [3.63, 3.8) is 0 Å². The van der Waals surface area contributed by atoms with Crippen molar-refractivity contribution >= 4 is 39.8 Å². The summed E-state index contributed by atoms with van der Waals surface area (Å²) >= 11 is 1.22. The van der Waals surface area contributed by atoms with Gasteiger partial charge in [0.05, 0.1) is 11.8 Å². The molecule has 2 aliphatic heterocycles. The van der Waals surface area contributed by atoms with E-state index in [1.165, 1.54) is 27.9 Å². The van der Waals surface area contributed by atoms with Crippen molar-refractivity contribution in [2.24, 2.45) is 10.1 Å². The van der Waals surface area contributed by atoms with Crippen LogP contribution in [0.5, 0.6) is 0 Å². The van der Waals surface area contributed by atoms with Crippen LogP contribution in [0.3, 0.4) is 0 Å². The lowest BCUT2D eigenvalue weighted by Gasteiger charge is -2.20. The van der Waals surface area contributed by atoms with Gasteiger partial charge in [-0.1, -0.05) is 17.7 Å². The molecule has 3 aromatic rings. The Morgan fingerprint density at radius 1 is 1.12 bits per heavy atom. The normalized spacial score (nSPS) is 17.1. The number of nitrogens with one attached hydrogen (secondary N) is 1. The quantitative estimate of drug-likeness (QED) is 0.579. The Morgan fingerprint density at radius 3 is 2.66 bits per heavy atom. The number of carbonyl (C=O) groups excluding carboxylic acids is 1. The first-order valence-electron chi connectivity index (χ1n) is 10.1. The van der Waals surface area contributed by atoms with Crippen LogP contribution in [0.25, 0.3) is 11.8 Å². The molecule has 0 aliphatic carbocycles. The Morgan fingerprint density at radius 2 is 1.94 bits per heavy atom. The van der Waals surface area contributed by atoms with Gasteiger partial charge in [0.1, 0.15) is 0 Å². The highest BCUT2D eigenvalue weighted by Gasteiger charge is 2.36. The third-order valence-corrected chi connectivity index (χ3v) is 6.47. The zero-order valence-electron chi connectivity index (χ0n) is 18.1. The molecule has 0 saturated heterocycles. The second-order valence-corrected chi connectivity index (χ2v) is 8.81. The molecule has 0 saturated carbocycles. The van der Waals surface area contributed by atoms with Gasteiger partial charge in [0.15, 0.2) is 16.6 Å². The molecule has 7 nitrogen and oxygen atoms in total. The molecule has 0 unspecified atom stereocenters. The summed E-state index contributed by atoms with van der Waals surface area (Å²) in [6, 6.07) is 11.9. The van der Waals surface area contributed by atoms with E-state index in [2.05, 4.69) is 46.7 Å². The number of hydrazone groups is 1. The fourth-order valence-corrected chi connectivity index (χ4v) is 4.87. The summed E-state index contributed by atoms with van der Waals surface area (Å²) in [5.74, 6) is 0.140. The van der Waals surface area contributed by atoms with Gasteiger partial charge in [-0.3, -0.25) is 10.2 Å². The number of benzene rings is 1. The molecule has 160 valence electrons. The Labute approximate surface area is 189 Å². The van der Waals surface area contributed by atoms with Crippen molar-refractivity contribution in [2.75, 3.05) is 0 Å². The summed E-state index contributed by atoms with van der Waals surface area (Å²) in [7, 11) is 0. The number of rotatable bonds is 3. The van der Waals surface area contributed by atoms with Gasteiger partial charge in [0.2, 0.25) is 5.17 Å². The zero-order chi connectivity index (χ0) is 22.6. The van der Waals surface area contributed by atoms with Gasteiger partial charge in [-0.2, -0.15) is 15.1 Å². The Balaban J connectivity index is 1.54. The van der Waals surface area contributed by atoms with Crippen LogP contribution in [0.15, 0.2) is 62.7 Å². The summed E-state index contributed by atoms with van der Waals surface area (Å²) < 4.78 is 7.56. The lowest BCUT2D eigenvalue weighted by molar-refractivity contribution is -0.114. The number of hydrogen-bond donors (Lipinski definition) is 1. The summed E-state index contributed by atoms with van der Waals surface area (Å²) in [6.07, 6.45) is 3.29. The molecule has 8 heteroatoms. The Kier molecular flexibility index (Phi) is 4.74. The van der Waals surface area contributed by atoms with Gasteiger partial charge in [0.25, 0.3) is 5.91 Å². The van der Waals surface area contributed by atoms with Crippen molar-refractivity contribution in [2.45, 2.75) is 27.7 Å². The molecular weight excluding hydrogens is 422 g/mol. The number of furan rings is 1. The first kappa shape index (κ1) is 20.3. The topological polar surface area (TPSA) is 86.9 Å². The SMILES string of the molecule is Cc1ccc(-n2c(C)cc(/C=C3\C(=N)N4N=C(c5ccco5)SC4=NC3=O)c2C)c(C)c1. The lowest BCUT2D eigenvalue weighted by atomic mass is 10.1. The number of aromatic nitrogens is 1. The van der Waals surface area contributed by atoms with E-state index < -0.39 is 5.91 Å². The second-order valence-electron chi connectivity index (χ2n) is 7.85. The molecule has 5 rings (SSSR count). The second kappa shape index (κ2) is 7.49. The number of amides is 1. The van der Waals surface area contributed by atoms with E-state index in [4.69, 9.17) is 9.83 Å². The maximum atomic E-state index is 12.8. The summed E-state index contributed by atoms with van der Waals surface area (Å²) in [4.78, 5) is 17.0. The maximum Gasteiger partial charge on any atom is 0.283 e. The van der Waals surface area contributed by atoms with Gasteiger partial charge >= 0.3 is 0 Å². The smallest absolute Gasteiger partial charge is 0.283 e. The number of aryl methyl sites for hydroxylation is 3. The predicted octanol–water partition coefficient (Wildman–Crippen LogP) is 4.97. The number of nitrogens with zero attached hydrogens (tertiary/aromatic N) is 4. The third-order valence-electron chi connectivity index (χ3n) is 5.55. The van der Waals surface area contributed by atoms with Crippen molar-refractivity contribution < 1.29 is 9.21 Å². The number of carbonyl (C=O) groups is 1. The average molecular weight is 444 g/mol. The lowest BCUT2D eigenvalue weighted by Crippen LogP contribution is -2.35. The van der Waals surface area contributed by atoms with E-state index in [0.717, 1.165) is 22.6 Å². The first-order chi connectivity index (χ1) is 15.3. The number of fused-ring (bicyclic) bond motifs is 1. The molecule has 4 heterocycles. The highest BCUT2D eigenvalue weighted by molar-refractivity contribution is 8.27. The fourth-order valence-electron chi connectivity index (χ4n) is 4.01. The van der Waals surface area contributed by atoms with Crippen LogP contribution in [0, 0.1) is 33.1 Å². The predicted molar refractivity (Wildman–Crippen MR) is 128 cm³/mol. The largest absolute Gasteiger partial charge is 0.462 e. The highest BCUT2D eigenvalue weighted by Crippen LogP contribution is 2.32. The summed E-state index contributed by atoms with van der Waals surface area (Å²) in [6.45, 7) is 8.22. The number of aliphatic imine (C=N–C) groups is 1. The minimum atomic E-state index is -0.444. The Hall–Kier alpha value is -3.65. The van der Waals surface area contributed by atoms with Gasteiger partial charge < -0.3 is 8.98 Å². The van der Waals surface area contributed by atoms with Crippen LogP contribution >= 0.6 is 11.8 Å². The zero-order valence-corrected chi connectivity index (χ0v) is 18.9. The van der Waals surface area contributed by atoms with E-state index in [9.17, 15) is 4.79 Å². The van der Waals surface area contributed by atoms with Crippen LogP contribution in [-0.4, -0.2) is 31.5 Å². The monoisotopic (exact) mass is 443 g/mol. The van der Waals surface area contributed by atoms with Gasteiger partial charge in [-0.25, -0.2) is 0 Å². The molecule has 0 atom stereocenters. The van der Waals surface area contributed by atoms with Crippen molar-refractivity contribution in [3.8, 4) is 5.69 Å². The maximum absolute atomic E-state index is 12.8. The van der Waals surface area contributed by atoms with E-state index in [1.54, 1.807) is 24.5 Å². The summed E-state index contributed by atoms with van der Waals surface area (Å²) in [5.41, 5.74) is 6.61. The first-order valence-corrected chi connectivity index (χ1v) is 11.0. The van der Waals surface area contributed by atoms with E-state index in [0.29, 0.717) is 16.0 Å². The Bertz CT molecular complexity index is 1380. The third kappa shape index (κ3) is 3.23. The van der Waals surface area contributed by atoms with Gasteiger partial charge in [0, 0.05) is 17.1 Å². The van der Waals surface area contributed by atoms with Crippen LogP contribution in [0.4, 0.5) is 0 Å². The molecule has 0 bridgehead atoms.